The fourth-order valence-corrected chi connectivity index (χ4v) is 2.19. The van der Waals surface area contributed by atoms with Crippen LogP contribution in [-0.4, -0.2) is 11.1 Å². The van der Waals surface area contributed by atoms with Crippen LogP contribution in [0.2, 0.25) is 0 Å². The Morgan fingerprint density at radius 1 is 1.38 bits per heavy atom. The van der Waals surface area contributed by atoms with E-state index in [1.165, 1.54) is 6.42 Å². The van der Waals surface area contributed by atoms with Gasteiger partial charge < -0.3 is 4.74 Å². The fourth-order valence-electron chi connectivity index (χ4n) is 1.99. The number of hydrogen-bond acceptors (Lipinski definition) is 2. The van der Waals surface area contributed by atoms with Crippen LogP contribution in [0.5, 0.6) is 5.88 Å². The molecule has 1 saturated carbocycles. The van der Waals surface area contributed by atoms with Crippen LogP contribution in [-0.2, 0) is 5.88 Å². The Morgan fingerprint density at radius 2 is 2.12 bits per heavy atom. The second-order valence-electron chi connectivity index (χ2n) is 4.10. The highest BCUT2D eigenvalue weighted by Gasteiger charge is 2.18. The predicted molar refractivity (Wildman–Crippen MR) is 61.3 cm³/mol. The van der Waals surface area contributed by atoms with Gasteiger partial charge in [0, 0.05) is 11.8 Å². The Labute approximate surface area is 99.8 Å². The van der Waals surface area contributed by atoms with Crippen molar-refractivity contribution in [2.45, 2.75) is 44.1 Å². The Balaban J connectivity index is 2.08. The molecule has 0 aliphatic heterocycles. The van der Waals surface area contributed by atoms with Gasteiger partial charge in [0.25, 0.3) is 5.88 Å². The number of aromatic nitrogens is 1. The minimum atomic E-state index is -0.414. The molecule has 2 nitrogen and oxygen atoms in total. The summed E-state index contributed by atoms with van der Waals surface area (Å²) in [7, 11) is 0. The molecule has 88 valence electrons. The van der Waals surface area contributed by atoms with Crippen LogP contribution in [0, 0.1) is 5.82 Å². The molecule has 0 radical (unpaired) electrons. The highest BCUT2D eigenvalue weighted by molar-refractivity contribution is 6.17. The molecule has 0 N–H and O–H groups in total. The van der Waals surface area contributed by atoms with Crippen molar-refractivity contribution in [1.82, 2.24) is 4.98 Å². The number of nitrogens with zero attached hydrogens (tertiary/aromatic N) is 1. The molecule has 1 aliphatic rings. The molecule has 1 aliphatic carbocycles. The average Bonchev–Trinajstić information content (AvgIpc) is 2.33. The zero-order chi connectivity index (χ0) is 11.4. The van der Waals surface area contributed by atoms with Gasteiger partial charge in [-0.2, -0.15) is 0 Å². The summed E-state index contributed by atoms with van der Waals surface area (Å²) in [5, 5.41) is 0. The number of hydrogen-bond donors (Lipinski definition) is 0. The molecule has 0 atom stereocenters. The highest BCUT2D eigenvalue weighted by atomic mass is 35.5. The van der Waals surface area contributed by atoms with E-state index in [2.05, 4.69) is 4.98 Å². The summed E-state index contributed by atoms with van der Waals surface area (Å²) >= 11 is 5.62. The SMILES string of the molecule is Fc1c(CCl)ccnc1OC1CCCCC1. The molecule has 0 unspecified atom stereocenters. The van der Waals surface area contributed by atoms with Gasteiger partial charge in [-0.25, -0.2) is 9.37 Å². The second-order valence-corrected chi connectivity index (χ2v) is 4.37. The molecule has 0 amide bonds. The number of pyridine rings is 1. The predicted octanol–water partition coefficient (Wildman–Crippen LogP) is 3.67. The van der Waals surface area contributed by atoms with Gasteiger partial charge in [0.1, 0.15) is 6.10 Å². The quantitative estimate of drug-likeness (QED) is 0.756. The molecular weight excluding hydrogens is 229 g/mol. The van der Waals surface area contributed by atoms with Crippen molar-refractivity contribution >= 4 is 11.6 Å². The van der Waals surface area contributed by atoms with E-state index in [0.717, 1.165) is 25.7 Å². The van der Waals surface area contributed by atoms with Crippen LogP contribution in [0.3, 0.4) is 0 Å². The normalized spacial score (nSPS) is 17.4. The van der Waals surface area contributed by atoms with Crippen molar-refractivity contribution in [3.05, 3.63) is 23.6 Å². The maximum absolute atomic E-state index is 13.8. The zero-order valence-corrected chi connectivity index (χ0v) is 9.84. The lowest BCUT2D eigenvalue weighted by atomic mass is 9.98. The van der Waals surface area contributed by atoms with E-state index in [-0.39, 0.29) is 17.9 Å². The molecule has 2 rings (SSSR count). The van der Waals surface area contributed by atoms with Gasteiger partial charge in [0.15, 0.2) is 5.82 Å². The van der Waals surface area contributed by atoms with Crippen molar-refractivity contribution in [2.24, 2.45) is 0 Å². The van der Waals surface area contributed by atoms with E-state index in [1.54, 1.807) is 12.3 Å². The Bertz CT molecular complexity index is 353. The monoisotopic (exact) mass is 243 g/mol. The number of halogens is 2. The summed E-state index contributed by atoms with van der Waals surface area (Å²) in [6, 6.07) is 1.58. The summed E-state index contributed by atoms with van der Waals surface area (Å²) in [5.74, 6) is -0.164. The molecule has 0 bridgehead atoms. The number of rotatable bonds is 3. The van der Waals surface area contributed by atoms with E-state index in [0.29, 0.717) is 5.56 Å². The zero-order valence-electron chi connectivity index (χ0n) is 9.09. The highest BCUT2D eigenvalue weighted by Crippen LogP contribution is 2.25. The molecule has 1 heterocycles. The third-order valence-electron chi connectivity index (χ3n) is 2.91. The maximum atomic E-state index is 13.8. The molecule has 4 heteroatoms. The van der Waals surface area contributed by atoms with E-state index in [4.69, 9.17) is 16.3 Å². The first-order valence-corrected chi connectivity index (χ1v) is 6.20. The van der Waals surface area contributed by atoms with Gasteiger partial charge in [0.2, 0.25) is 0 Å². The van der Waals surface area contributed by atoms with Crippen molar-refractivity contribution in [3.8, 4) is 5.88 Å². The van der Waals surface area contributed by atoms with Crippen LogP contribution >= 0.6 is 11.6 Å². The maximum Gasteiger partial charge on any atom is 0.250 e. The third kappa shape index (κ3) is 2.64. The summed E-state index contributed by atoms with van der Waals surface area (Å²) < 4.78 is 19.3. The number of alkyl halides is 1. The van der Waals surface area contributed by atoms with Crippen LogP contribution < -0.4 is 4.74 Å². The molecular formula is C12H15ClFNO. The van der Waals surface area contributed by atoms with Gasteiger partial charge in [-0.1, -0.05) is 6.42 Å². The van der Waals surface area contributed by atoms with Gasteiger partial charge in [-0.05, 0) is 31.7 Å². The molecule has 1 aromatic heterocycles. The van der Waals surface area contributed by atoms with Crippen LogP contribution in [0.4, 0.5) is 4.39 Å². The average molecular weight is 244 g/mol. The van der Waals surface area contributed by atoms with E-state index in [9.17, 15) is 4.39 Å². The Kier molecular flexibility index (Phi) is 3.99. The van der Waals surface area contributed by atoms with Gasteiger partial charge in [0.05, 0.1) is 5.88 Å². The van der Waals surface area contributed by atoms with E-state index in [1.807, 2.05) is 0 Å². The first kappa shape index (κ1) is 11.6. The molecule has 0 aromatic carbocycles. The standard InChI is InChI=1S/C12H15ClFNO/c13-8-9-6-7-15-12(11(9)14)16-10-4-2-1-3-5-10/h6-7,10H,1-5,8H2. The van der Waals surface area contributed by atoms with Gasteiger partial charge in [-0.3, -0.25) is 0 Å². The van der Waals surface area contributed by atoms with Gasteiger partial charge >= 0.3 is 0 Å². The Morgan fingerprint density at radius 3 is 2.81 bits per heavy atom. The van der Waals surface area contributed by atoms with Crippen molar-refractivity contribution in [3.63, 3.8) is 0 Å². The summed E-state index contributed by atoms with van der Waals surface area (Å²) in [6.07, 6.45) is 7.19. The minimum absolute atomic E-state index is 0.102. The minimum Gasteiger partial charge on any atom is -0.472 e. The smallest absolute Gasteiger partial charge is 0.250 e. The van der Waals surface area contributed by atoms with Gasteiger partial charge in [-0.15, -0.1) is 11.6 Å². The van der Waals surface area contributed by atoms with Crippen molar-refractivity contribution in [2.75, 3.05) is 0 Å². The molecule has 0 saturated heterocycles. The van der Waals surface area contributed by atoms with Crippen molar-refractivity contribution in [1.29, 1.82) is 0 Å². The molecule has 1 fully saturated rings. The third-order valence-corrected chi connectivity index (χ3v) is 3.20. The topological polar surface area (TPSA) is 22.1 Å². The lowest BCUT2D eigenvalue weighted by molar-refractivity contribution is 0.141. The Hall–Kier alpha value is -0.830. The first-order chi connectivity index (χ1) is 7.81. The van der Waals surface area contributed by atoms with Crippen LogP contribution in [0.25, 0.3) is 0 Å². The van der Waals surface area contributed by atoms with E-state index >= 15 is 0 Å². The summed E-state index contributed by atoms with van der Waals surface area (Å²) in [5.41, 5.74) is 0.447. The first-order valence-electron chi connectivity index (χ1n) is 5.67. The second kappa shape index (κ2) is 5.48. The molecule has 16 heavy (non-hydrogen) atoms. The lowest BCUT2D eigenvalue weighted by Crippen LogP contribution is -2.21. The van der Waals surface area contributed by atoms with E-state index < -0.39 is 5.82 Å². The van der Waals surface area contributed by atoms with Crippen LogP contribution in [0.15, 0.2) is 12.3 Å². The molecule has 0 spiro atoms. The summed E-state index contributed by atoms with van der Waals surface area (Å²) in [4.78, 5) is 3.93. The lowest BCUT2D eigenvalue weighted by Gasteiger charge is -2.22. The molecule has 1 aromatic rings. The van der Waals surface area contributed by atoms with Crippen LogP contribution in [0.1, 0.15) is 37.7 Å². The number of ether oxygens (including phenoxy) is 1. The van der Waals surface area contributed by atoms with Crippen molar-refractivity contribution < 1.29 is 9.13 Å². The fraction of sp³-hybridized carbons (Fsp3) is 0.583. The largest absolute Gasteiger partial charge is 0.472 e. The summed E-state index contributed by atoms with van der Waals surface area (Å²) in [6.45, 7) is 0.